The molecule has 4 heterocycles. The summed E-state index contributed by atoms with van der Waals surface area (Å²) in [5.41, 5.74) is 0.902. The van der Waals surface area contributed by atoms with Crippen LogP contribution in [0.4, 0.5) is 0 Å². The number of rotatable bonds is 5. The zero-order valence-electron chi connectivity index (χ0n) is 14.8. The average molecular weight is 345 g/mol. The monoisotopic (exact) mass is 345 g/mol. The SMILES string of the molecule is CN(Cc1ccccn1)C(=O)[C@@H]1C[C@H]2[C@H](CCN2CC2CCOC2)O1. The summed E-state index contributed by atoms with van der Waals surface area (Å²) in [5, 5.41) is 0. The Kier molecular flexibility index (Phi) is 5.01. The van der Waals surface area contributed by atoms with Gasteiger partial charge in [-0.25, -0.2) is 0 Å². The van der Waals surface area contributed by atoms with E-state index >= 15 is 0 Å². The summed E-state index contributed by atoms with van der Waals surface area (Å²) in [6, 6.07) is 6.16. The Morgan fingerprint density at radius 3 is 3.08 bits per heavy atom. The van der Waals surface area contributed by atoms with Crippen molar-refractivity contribution in [3.63, 3.8) is 0 Å². The number of ether oxygens (including phenoxy) is 2. The lowest BCUT2D eigenvalue weighted by Gasteiger charge is -2.25. The van der Waals surface area contributed by atoms with Crippen molar-refractivity contribution in [3.8, 4) is 0 Å². The van der Waals surface area contributed by atoms with Crippen LogP contribution in [0.15, 0.2) is 24.4 Å². The molecule has 3 saturated heterocycles. The van der Waals surface area contributed by atoms with E-state index in [1.165, 1.54) is 0 Å². The van der Waals surface area contributed by atoms with E-state index in [-0.39, 0.29) is 18.1 Å². The van der Waals surface area contributed by atoms with Crippen LogP contribution < -0.4 is 0 Å². The summed E-state index contributed by atoms with van der Waals surface area (Å²) < 4.78 is 11.6. The quantitative estimate of drug-likeness (QED) is 0.805. The van der Waals surface area contributed by atoms with Gasteiger partial charge in [0.15, 0.2) is 0 Å². The van der Waals surface area contributed by atoms with Crippen molar-refractivity contribution in [1.29, 1.82) is 0 Å². The minimum Gasteiger partial charge on any atom is -0.381 e. The molecule has 1 aromatic heterocycles. The number of carbonyl (C=O) groups is 1. The summed E-state index contributed by atoms with van der Waals surface area (Å²) in [5.74, 6) is 0.713. The number of likely N-dealkylation sites (N-methyl/N-ethyl adjacent to an activating group) is 1. The van der Waals surface area contributed by atoms with Crippen LogP contribution in [-0.4, -0.2) is 72.3 Å². The van der Waals surface area contributed by atoms with Gasteiger partial charge in [0.25, 0.3) is 5.91 Å². The lowest BCUT2D eigenvalue weighted by molar-refractivity contribution is -0.142. The summed E-state index contributed by atoms with van der Waals surface area (Å²) >= 11 is 0. The Labute approximate surface area is 149 Å². The molecule has 6 heteroatoms. The molecule has 0 spiro atoms. The molecular weight excluding hydrogens is 318 g/mol. The maximum absolute atomic E-state index is 12.8. The molecule has 0 saturated carbocycles. The molecule has 1 aromatic rings. The standard InChI is InChI=1S/C19H27N3O3/c1-21(12-15-4-2-3-7-20-15)19(23)18-10-16-17(25-18)5-8-22(16)11-14-6-9-24-13-14/h2-4,7,14,16-18H,5-6,8-13H2,1H3/t14?,16-,17-,18-/m0/s1. The summed E-state index contributed by atoms with van der Waals surface area (Å²) in [6.07, 6.45) is 4.65. The van der Waals surface area contributed by atoms with E-state index in [9.17, 15) is 4.79 Å². The van der Waals surface area contributed by atoms with Crippen molar-refractivity contribution in [2.75, 3.05) is 33.4 Å². The second kappa shape index (κ2) is 7.40. The fourth-order valence-electron chi connectivity index (χ4n) is 4.33. The Hall–Kier alpha value is -1.50. The Morgan fingerprint density at radius 1 is 1.40 bits per heavy atom. The highest BCUT2D eigenvalue weighted by Gasteiger charge is 2.46. The van der Waals surface area contributed by atoms with E-state index in [1.54, 1.807) is 11.1 Å². The zero-order chi connectivity index (χ0) is 17.2. The number of hydrogen-bond acceptors (Lipinski definition) is 5. The van der Waals surface area contributed by atoms with Crippen molar-refractivity contribution in [3.05, 3.63) is 30.1 Å². The van der Waals surface area contributed by atoms with Crippen LogP contribution in [0.25, 0.3) is 0 Å². The van der Waals surface area contributed by atoms with Crippen LogP contribution >= 0.6 is 0 Å². The van der Waals surface area contributed by atoms with E-state index in [1.807, 2.05) is 25.2 Å². The molecule has 1 amide bonds. The van der Waals surface area contributed by atoms with Gasteiger partial charge in [-0.1, -0.05) is 6.07 Å². The minimum absolute atomic E-state index is 0.0733. The van der Waals surface area contributed by atoms with Crippen LogP contribution in [0.1, 0.15) is 25.0 Å². The normalized spacial score (nSPS) is 32.0. The number of amides is 1. The van der Waals surface area contributed by atoms with Gasteiger partial charge in [-0.05, 0) is 30.9 Å². The Morgan fingerprint density at radius 2 is 2.32 bits per heavy atom. The average Bonchev–Trinajstić information content (AvgIpc) is 3.34. The molecule has 25 heavy (non-hydrogen) atoms. The summed E-state index contributed by atoms with van der Waals surface area (Å²) in [4.78, 5) is 21.3. The molecule has 3 fully saturated rings. The van der Waals surface area contributed by atoms with Crippen molar-refractivity contribution in [2.24, 2.45) is 5.92 Å². The van der Waals surface area contributed by atoms with Gasteiger partial charge in [-0.15, -0.1) is 0 Å². The van der Waals surface area contributed by atoms with E-state index in [0.29, 0.717) is 18.5 Å². The molecule has 0 bridgehead atoms. The van der Waals surface area contributed by atoms with Gasteiger partial charge >= 0.3 is 0 Å². The lowest BCUT2D eigenvalue weighted by atomic mass is 10.1. The topological polar surface area (TPSA) is 54.9 Å². The van der Waals surface area contributed by atoms with E-state index in [0.717, 1.165) is 51.3 Å². The molecule has 3 aliphatic rings. The second-order valence-corrected chi connectivity index (χ2v) is 7.49. The van der Waals surface area contributed by atoms with Crippen molar-refractivity contribution >= 4 is 5.91 Å². The van der Waals surface area contributed by atoms with E-state index in [4.69, 9.17) is 9.47 Å². The molecule has 6 nitrogen and oxygen atoms in total. The molecule has 136 valence electrons. The molecule has 0 radical (unpaired) electrons. The lowest BCUT2D eigenvalue weighted by Crippen LogP contribution is -2.39. The number of likely N-dealkylation sites (tertiary alicyclic amines) is 1. The van der Waals surface area contributed by atoms with Crippen LogP contribution in [0, 0.1) is 5.92 Å². The highest BCUT2D eigenvalue weighted by Crippen LogP contribution is 2.34. The number of pyridine rings is 1. The van der Waals surface area contributed by atoms with Gasteiger partial charge < -0.3 is 14.4 Å². The van der Waals surface area contributed by atoms with E-state index < -0.39 is 0 Å². The summed E-state index contributed by atoms with van der Waals surface area (Å²) in [6.45, 7) is 4.45. The third-order valence-corrected chi connectivity index (χ3v) is 5.69. The maximum atomic E-state index is 12.8. The smallest absolute Gasteiger partial charge is 0.251 e. The first-order valence-corrected chi connectivity index (χ1v) is 9.33. The molecule has 0 N–H and O–H groups in total. The second-order valence-electron chi connectivity index (χ2n) is 7.49. The first kappa shape index (κ1) is 16.9. The summed E-state index contributed by atoms with van der Waals surface area (Å²) in [7, 11) is 1.84. The first-order chi connectivity index (χ1) is 12.2. The number of carbonyl (C=O) groups excluding carboxylic acids is 1. The largest absolute Gasteiger partial charge is 0.381 e. The van der Waals surface area contributed by atoms with Crippen LogP contribution in [0.3, 0.4) is 0 Å². The highest BCUT2D eigenvalue weighted by atomic mass is 16.5. The van der Waals surface area contributed by atoms with Gasteiger partial charge in [0, 0.05) is 45.4 Å². The molecule has 1 unspecified atom stereocenters. The molecular formula is C19H27N3O3. The van der Waals surface area contributed by atoms with Crippen molar-refractivity contribution in [2.45, 2.75) is 44.1 Å². The molecule has 4 rings (SSSR count). The van der Waals surface area contributed by atoms with Crippen LogP contribution in [0.2, 0.25) is 0 Å². The minimum atomic E-state index is -0.314. The van der Waals surface area contributed by atoms with Gasteiger partial charge in [-0.3, -0.25) is 14.7 Å². The van der Waals surface area contributed by atoms with Gasteiger partial charge in [-0.2, -0.15) is 0 Å². The molecule has 0 aromatic carbocycles. The molecule has 0 aliphatic carbocycles. The van der Waals surface area contributed by atoms with Gasteiger partial charge in [0.2, 0.25) is 0 Å². The highest BCUT2D eigenvalue weighted by molar-refractivity contribution is 5.81. The van der Waals surface area contributed by atoms with Crippen molar-refractivity contribution in [1.82, 2.24) is 14.8 Å². The molecule has 3 aliphatic heterocycles. The zero-order valence-corrected chi connectivity index (χ0v) is 14.8. The third-order valence-electron chi connectivity index (χ3n) is 5.69. The third kappa shape index (κ3) is 3.71. The van der Waals surface area contributed by atoms with Gasteiger partial charge in [0.1, 0.15) is 6.10 Å². The number of hydrogen-bond donors (Lipinski definition) is 0. The number of nitrogens with zero attached hydrogens (tertiary/aromatic N) is 3. The number of aromatic nitrogens is 1. The predicted molar refractivity (Wildman–Crippen MR) is 92.9 cm³/mol. The van der Waals surface area contributed by atoms with Crippen molar-refractivity contribution < 1.29 is 14.3 Å². The fourth-order valence-corrected chi connectivity index (χ4v) is 4.33. The fraction of sp³-hybridized carbons (Fsp3) is 0.684. The molecule has 4 atom stereocenters. The van der Waals surface area contributed by atoms with Crippen LogP contribution in [0.5, 0.6) is 0 Å². The predicted octanol–water partition coefficient (Wildman–Crippen LogP) is 1.31. The van der Waals surface area contributed by atoms with E-state index in [2.05, 4.69) is 9.88 Å². The maximum Gasteiger partial charge on any atom is 0.251 e. The Bertz CT molecular complexity index is 591. The van der Waals surface area contributed by atoms with Gasteiger partial charge in [0.05, 0.1) is 24.9 Å². The Balaban J connectivity index is 1.32. The number of fused-ring (bicyclic) bond motifs is 1. The van der Waals surface area contributed by atoms with Crippen LogP contribution in [-0.2, 0) is 20.8 Å². The first-order valence-electron chi connectivity index (χ1n) is 9.33.